The molecule has 2 fully saturated rings. The predicted molar refractivity (Wildman–Crippen MR) is 80.0 cm³/mol. The van der Waals surface area contributed by atoms with Crippen LogP contribution in [0.1, 0.15) is 37.7 Å². The van der Waals surface area contributed by atoms with Crippen LogP contribution in [0.4, 0.5) is 0 Å². The Morgan fingerprint density at radius 1 is 1.11 bits per heavy atom. The van der Waals surface area contributed by atoms with E-state index in [2.05, 4.69) is 22.2 Å². The summed E-state index contributed by atoms with van der Waals surface area (Å²) < 4.78 is 0. The summed E-state index contributed by atoms with van der Waals surface area (Å²) in [6, 6.07) is 8.26. The summed E-state index contributed by atoms with van der Waals surface area (Å²) in [7, 11) is 0. The van der Waals surface area contributed by atoms with Crippen molar-refractivity contribution in [2.24, 2.45) is 5.92 Å². The topological polar surface area (TPSA) is 6.48 Å². The Kier molecular flexibility index (Phi) is 4.42. The highest BCUT2D eigenvalue weighted by Crippen LogP contribution is 2.31. The summed E-state index contributed by atoms with van der Waals surface area (Å²) in [5, 5.41) is 6.02. The van der Waals surface area contributed by atoms with Gasteiger partial charge in [-0.2, -0.15) is 0 Å². The van der Waals surface area contributed by atoms with Crippen molar-refractivity contribution in [3.05, 3.63) is 34.9 Å². The third-order valence-corrected chi connectivity index (χ3v) is 4.58. The Morgan fingerprint density at radius 2 is 1.84 bits per heavy atom. The smallest absolute Gasteiger partial charge is 0.0451 e. The molecule has 0 amide bonds. The summed E-state index contributed by atoms with van der Waals surface area (Å²) >= 11 is 6.31. The second-order valence-corrected chi connectivity index (χ2v) is 6.30. The molecule has 2 aliphatic rings. The van der Waals surface area contributed by atoms with Gasteiger partial charge in [0, 0.05) is 31.2 Å². The normalized spacial score (nSPS) is 20.9. The number of hydrazine groups is 1. The molecule has 0 atom stereocenters. The van der Waals surface area contributed by atoms with Gasteiger partial charge in [-0.3, -0.25) is 0 Å². The zero-order chi connectivity index (χ0) is 13.1. The van der Waals surface area contributed by atoms with Gasteiger partial charge in [0.2, 0.25) is 0 Å². The van der Waals surface area contributed by atoms with Gasteiger partial charge < -0.3 is 0 Å². The maximum atomic E-state index is 6.31. The number of rotatable bonds is 5. The van der Waals surface area contributed by atoms with E-state index in [-0.39, 0.29) is 0 Å². The van der Waals surface area contributed by atoms with Gasteiger partial charge in [0.15, 0.2) is 0 Å². The van der Waals surface area contributed by atoms with Crippen LogP contribution in [-0.4, -0.2) is 29.7 Å². The van der Waals surface area contributed by atoms with E-state index in [4.69, 9.17) is 11.6 Å². The minimum absolute atomic E-state index is 0.903. The largest absolute Gasteiger partial charge is 0.241 e. The van der Waals surface area contributed by atoms with Gasteiger partial charge >= 0.3 is 0 Å². The first-order valence-electron chi connectivity index (χ1n) is 7.56. The number of hydrogen-bond acceptors (Lipinski definition) is 2. The molecule has 0 N–H and O–H groups in total. The van der Waals surface area contributed by atoms with E-state index in [9.17, 15) is 0 Å². The zero-order valence-electron chi connectivity index (χ0n) is 11.5. The Labute approximate surface area is 121 Å². The fraction of sp³-hybridized carbons (Fsp3) is 0.625. The van der Waals surface area contributed by atoms with Crippen molar-refractivity contribution in [2.75, 3.05) is 19.6 Å². The summed E-state index contributed by atoms with van der Waals surface area (Å²) in [6.07, 6.45) is 6.88. The van der Waals surface area contributed by atoms with E-state index in [1.165, 1.54) is 57.3 Å². The fourth-order valence-electron chi connectivity index (χ4n) is 2.86. The Morgan fingerprint density at radius 3 is 2.53 bits per heavy atom. The standard InChI is InChI=1S/C16H23ClN2/c17-16-7-3-2-6-15(16)13-19(12-14-8-9-14)18-10-4-1-5-11-18/h2-3,6-7,14H,1,4-5,8-13H2. The molecule has 3 rings (SSSR count). The third kappa shape index (κ3) is 3.71. The van der Waals surface area contributed by atoms with Crippen molar-refractivity contribution < 1.29 is 0 Å². The molecule has 0 unspecified atom stereocenters. The van der Waals surface area contributed by atoms with Crippen LogP contribution in [0, 0.1) is 5.92 Å². The first-order chi connectivity index (χ1) is 9.33. The first kappa shape index (κ1) is 13.4. The number of nitrogens with zero attached hydrogens (tertiary/aromatic N) is 2. The van der Waals surface area contributed by atoms with E-state index >= 15 is 0 Å². The molecule has 1 aliphatic heterocycles. The molecule has 0 bridgehead atoms. The van der Waals surface area contributed by atoms with Gasteiger partial charge in [-0.05, 0) is 43.2 Å². The fourth-order valence-corrected chi connectivity index (χ4v) is 3.06. The molecule has 0 aromatic heterocycles. The highest BCUT2D eigenvalue weighted by Gasteiger charge is 2.28. The van der Waals surface area contributed by atoms with Gasteiger partial charge in [-0.1, -0.05) is 36.2 Å². The minimum Gasteiger partial charge on any atom is -0.241 e. The van der Waals surface area contributed by atoms with Crippen molar-refractivity contribution in [1.29, 1.82) is 0 Å². The van der Waals surface area contributed by atoms with Crippen molar-refractivity contribution in [3.8, 4) is 0 Å². The molecule has 0 spiro atoms. The van der Waals surface area contributed by atoms with Crippen LogP contribution in [-0.2, 0) is 6.54 Å². The Hall–Kier alpha value is -0.570. The lowest BCUT2D eigenvalue weighted by molar-refractivity contribution is -0.0503. The molecule has 1 saturated carbocycles. The molecule has 19 heavy (non-hydrogen) atoms. The van der Waals surface area contributed by atoms with Crippen LogP contribution in [0.25, 0.3) is 0 Å². The summed E-state index contributed by atoms with van der Waals surface area (Å²) in [4.78, 5) is 0. The molecule has 1 heterocycles. The van der Waals surface area contributed by atoms with Crippen LogP contribution in [0.15, 0.2) is 24.3 Å². The van der Waals surface area contributed by atoms with Gasteiger partial charge in [-0.15, -0.1) is 0 Å². The molecule has 104 valence electrons. The van der Waals surface area contributed by atoms with Gasteiger partial charge in [0.05, 0.1) is 0 Å². The van der Waals surface area contributed by atoms with Crippen molar-refractivity contribution >= 4 is 11.6 Å². The quantitative estimate of drug-likeness (QED) is 0.805. The average molecular weight is 279 g/mol. The lowest BCUT2D eigenvalue weighted by Crippen LogP contribution is -2.46. The van der Waals surface area contributed by atoms with Crippen LogP contribution in [0.2, 0.25) is 5.02 Å². The zero-order valence-corrected chi connectivity index (χ0v) is 12.3. The van der Waals surface area contributed by atoms with E-state index in [1.54, 1.807) is 0 Å². The second kappa shape index (κ2) is 6.25. The van der Waals surface area contributed by atoms with Crippen LogP contribution >= 0.6 is 11.6 Å². The van der Waals surface area contributed by atoms with Crippen LogP contribution < -0.4 is 0 Å². The molecule has 2 nitrogen and oxygen atoms in total. The lowest BCUT2D eigenvalue weighted by Gasteiger charge is -2.38. The van der Waals surface area contributed by atoms with Gasteiger partial charge in [0.25, 0.3) is 0 Å². The van der Waals surface area contributed by atoms with Crippen LogP contribution in [0.5, 0.6) is 0 Å². The lowest BCUT2D eigenvalue weighted by atomic mass is 10.1. The molecule has 1 saturated heterocycles. The predicted octanol–water partition coefficient (Wildman–Crippen LogP) is 3.95. The maximum Gasteiger partial charge on any atom is 0.0451 e. The summed E-state index contributed by atoms with van der Waals surface area (Å²) in [6.45, 7) is 4.62. The van der Waals surface area contributed by atoms with Crippen molar-refractivity contribution in [3.63, 3.8) is 0 Å². The van der Waals surface area contributed by atoms with Gasteiger partial charge in [-0.25, -0.2) is 10.0 Å². The molecular formula is C16H23ClN2. The summed E-state index contributed by atoms with van der Waals surface area (Å²) in [5.74, 6) is 0.921. The van der Waals surface area contributed by atoms with E-state index in [0.29, 0.717) is 0 Å². The number of halogens is 1. The van der Waals surface area contributed by atoms with Gasteiger partial charge in [0.1, 0.15) is 0 Å². The maximum absolute atomic E-state index is 6.31. The highest BCUT2D eigenvalue weighted by molar-refractivity contribution is 6.31. The Balaban J connectivity index is 1.69. The van der Waals surface area contributed by atoms with Crippen molar-refractivity contribution in [2.45, 2.75) is 38.6 Å². The SMILES string of the molecule is Clc1ccccc1CN(CC1CC1)N1CCCCC1. The monoisotopic (exact) mass is 278 g/mol. The molecule has 1 aromatic rings. The first-order valence-corrected chi connectivity index (χ1v) is 7.94. The second-order valence-electron chi connectivity index (χ2n) is 5.90. The molecule has 1 aromatic carbocycles. The average Bonchev–Trinajstić information content (AvgIpc) is 3.25. The summed E-state index contributed by atoms with van der Waals surface area (Å²) in [5.41, 5.74) is 1.26. The van der Waals surface area contributed by atoms with E-state index < -0.39 is 0 Å². The minimum atomic E-state index is 0.903. The van der Waals surface area contributed by atoms with E-state index in [1.807, 2.05) is 12.1 Å². The third-order valence-electron chi connectivity index (χ3n) is 4.21. The highest BCUT2D eigenvalue weighted by atomic mass is 35.5. The van der Waals surface area contributed by atoms with Crippen molar-refractivity contribution in [1.82, 2.24) is 10.0 Å². The molecular weight excluding hydrogens is 256 g/mol. The number of benzene rings is 1. The molecule has 3 heteroatoms. The van der Waals surface area contributed by atoms with E-state index in [0.717, 1.165) is 17.5 Å². The number of piperidine rings is 1. The molecule has 1 aliphatic carbocycles. The molecule has 0 radical (unpaired) electrons. The Bertz CT molecular complexity index is 411. The van der Waals surface area contributed by atoms with Crippen LogP contribution in [0.3, 0.4) is 0 Å². The number of hydrogen-bond donors (Lipinski definition) is 0.